The fourth-order valence-electron chi connectivity index (χ4n) is 2.27. The number of rotatable bonds is 4. The topological polar surface area (TPSA) is 106 Å². The molecule has 9 heteroatoms. The third-order valence-corrected chi connectivity index (χ3v) is 4.27. The van der Waals surface area contributed by atoms with E-state index in [9.17, 15) is 9.59 Å². The van der Waals surface area contributed by atoms with E-state index < -0.39 is 0 Å². The third kappa shape index (κ3) is 3.04. The molecule has 118 valence electrons. The van der Waals surface area contributed by atoms with E-state index in [1.165, 1.54) is 22.3 Å². The molecule has 8 nitrogen and oxygen atoms in total. The molecule has 0 saturated carbocycles. The van der Waals surface area contributed by atoms with Crippen LogP contribution in [-0.4, -0.2) is 31.1 Å². The van der Waals surface area contributed by atoms with Crippen LogP contribution < -0.4 is 10.9 Å². The summed E-state index contributed by atoms with van der Waals surface area (Å²) in [5.41, 5.74) is 2.60. The molecule has 0 aromatic carbocycles. The summed E-state index contributed by atoms with van der Waals surface area (Å²) in [7, 11) is 0. The van der Waals surface area contributed by atoms with Gasteiger partial charge in [0.1, 0.15) is 11.2 Å². The first kappa shape index (κ1) is 15.1. The van der Waals surface area contributed by atoms with Crippen molar-refractivity contribution >= 4 is 17.2 Å². The molecule has 0 aliphatic heterocycles. The number of nitrogens with one attached hydrogen (secondary N) is 2. The maximum absolute atomic E-state index is 12.4. The maximum atomic E-state index is 12.4. The van der Waals surface area contributed by atoms with Crippen molar-refractivity contribution < 1.29 is 4.79 Å². The Balaban J connectivity index is 1.79. The van der Waals surface area contributed by atoms with Crippen molar-refractivity contribution in [3.8, 4) is 5.69 Å². The number of aromatic amines is 1. The van der Waals surface area contributed by atoms with Gasteiger partial charge in [0.15, 0.2) is 0 Å². The predicted octanol–water partition coefficient (Wildman–Crippen LogP) is 0.959. The second-order valence-electron chi connectivity index (χ2n) is 5.02. The second kappa shape index (κ2) is 6.13. The Kier molecular flexibility index (Phi) is 4.02. The minimum atomic E-state index is -0.273. The second-order valence-corrected chi connectivity index (χ2v) is 5.93. The van der Waals surface area contributed by atoms with Gasteiger partial charge in [-0.2, -0.15) is 4.68 Å². The molecule has 3 aromatic heterocycles. The molecule has 0 saturated heterocycles. The first-order valence-corrected chi connectivity index (χ1v) is 7.72. The van der Waals surface area contributed by atoms with E-state index in [0.29, 0.717) is 16.1 Å². The summed E-state index contributed by atoms with van der Waals surface area (Å²) in [6.45, 7) is 3.83. The van der Waals surface area contributed by atoms with Gasteiger partial charge in [0.2, 0.25) is 0 Å². The Labute approximate surface area is 135 Å². The van der Waals surface area contributed by atoms with E-state index in [1.807, 2.05) is 19.9 Å². The largest absolute Gasteiger partial charge is 0.347 e. The lowest BCUT2D eigenvalue weighted by molar-refractivity contribution is 0.0954. The molecule has 3 heterocycles. The highest BCUT2D eigenvalue weighted by Crippen LogP contribution is 2.19. The number of hydrogen-bond donors (Lipinski definition) is 2. The van der Waals surface area contributed by atoms with Gasteiger partial charge in [-0.1, -0.05) is 0 Å². The Morgan fingerprint density at radius 1 is 1.43 bits per heavy atom. The highest BCUT2D eigenvalue weighted by atomic mass is 32.1. The number of pyridine rings is 1. The highest BCUT2D eigenvalue weighted by molar-refractivity contribution is 7.12. The van der Waals surface area contributed by atoms with Crippen molar-refractivity contribution in [2.45, 2.75) is 20.4 Å². The van der Waals surface area contributed by atoms with E-state index in [2.05, 4.69) is 25.8 Å². The number of tetrazole rings is 1. The van der Waals surface area contributed by atoms with Gasteiger partial charge >= 0.3 is 0 Å². The molecule has 0 spiro atoms. The zero-order valence-corrected chi connectivity index (χ0v) is 13.3. The van der Waals surface area contributed by atoms with Crippen LogP contribution in [0.2, 0.25) is 0 Å². The molecule has 23 heavy (non-hydrogen) atoms. The lowest BCUT2D eigenvalue weighted by Crippen LogP contribution is -2.28. The van der Waals surface area contributed by atoms with Gasteiger partial charge in [0.25, 0.3) is 11.5 Å². The van der Waals surface area contributed by atoms with E-state index in [1.54, 1.807) is 11.4 Å². The first-order chi connectivity index (χ1) is 11.1. The van der Waals surface area contributed by atoms with Crippen LogP contribution in [0.1, 0.15) is 26.5 Å². The highest BCUT2D eigenvalue weighted by Gasteiger charge is 2.16. The average Bonchev–Trinajstić information content (AvgIpc) is 3.16. The third-order valence-electron chi connectivity index (χ3n) is 3.37. The fraction of sp³-hybridized carbons (Fsp3) is 0.214. The van der Waals surface area contributed by atoms with E-state index in [4.69, 9.17) is 0 Å². The van der Waals surface area contributed by atoms with E-state index in [-0.39, 0.29) is 18.0 Å². The van der Waals surface area contributed by atoms with Crippen molar-refractivity contribution in [1.29, 1.82) is 0 Å². The van der Waals surface area contributed by atoms with Gasteiger partial charge in [0.05, 0.1) is 5.69 Å². The number of carbonyl (C=O) groups excluding carboxylic acids is 1. The van der Waals surface area contributed by atoms with Crippen LogP contribution in [0.5, 0.6) is 0 Å². The van der Waals surface area contributed by atoms with Gasteiger partial charge in [-0.05, 0) is 47.4 Å². The molecule has 0 fully saturated rings. The zero-order chi connectivity index (χ0) is 16.4. The Hall–Kier alpha value is -2.81. The average molecular weight is 330 g/mol. The first-order valence-electron chi connectivity index (χ1n) is 6.84. The van der Waals surface area contributed by atoms with Crippen molar-refractivity contribution in [3.05, 3.63) is 55.9 Å². The normalized spacial score (nSPS) is 10.7. The van der Waals surface area contributed by atoms with Crippen molar-refractivity contribution in [1.82, 2.24) is 30.5 Å². The summed E-state index contributed by atoms with van der Waals surface area (Å²) >= 11 is 1.29. The minimum absolute atomic E-state index is 0.160. The minimum Gasteiger partial charge on any atom is -0.347 e. The quantitative estimate of drug-likeness (QED) is 0.741. The summed E-state index contributed by atoms with van der Waals surface area (Å²) in [4.78, 5) is 27.6. The number of aryl methyl sites for hydroxylation is 2. The SMILES string of the molecule is Cc1cc(C)c(CNC(=O)c2sccc2-n2cnnn2)c(=O)[nH]1. The number of H-pyrrole nitrogens is 1. The van der Waals surface area contributed by atoms with Gasteiger partial charge in [-0.15, -0.1) is 16.4 Å². The summed E-state index contributed by atoms with van der Waals surface area (Å²) in [6, 6.07) is 3.64. The number of carbonyl (C=O) groups is 1. The van der Waals surface area contributed by atoms with E-state index in [0.717, 1.165) is 11.3 Å². The van der Waals surface area contributed by atoms with Crippen LogP contribution in [-0.2, 0) is 6.54 Å². The van der Waals surface area contributed by atoms with Crippen molar-refractivity contribution in [3.63, 3.8) is 0 Å². The van der Waals surface area contributed by atoms with E-state index >= 15 is 0 Å². The monoisotopic (exact) mass is 330 g/mol. The Morgan fingerprint density at radius 3 is 2.96 bits per heavy atom. The van der Waals surface area contributed by atoms with Crippen LogP contribution in [0, 0.1) is 13.8 Å². The van der Waals surface area contributed by atoms with Crippen LogP contribution in [0.4, 0.5) is 0 Å². The molecule has 0 atom stereocenters. The Morgan fingerprint density at radius 2 is 2.26 bits per heavy atom. The molecule has 0 bridgehead atoms. The molecular formula is C14H14N6O2S. The molecule has 2 N–H and O–H groups in total. The van der Waals surface area contributed by atoms with Crippen LogP contribution >= 0.6 is 11.3 Å². The Bertz CT molecular complexity index is 896. The number of amides is 1. The molecule has 1 amide bonds. The van der Waals surface area contributed by atoms with Crippen molar-refractivity contribution in [2.24, 2.45) is 0 Å². The van der Waals surface area contributed by atoms with Crippen LogP contribution in [0.3, 0.4) is 0 Å². The molecule has 0 unspecified atom stereocenters. The summed E-state index contributed by atoms with van der Waals surface area (Å²) < 4.78 is 1.43. The molecule has 3 rings (SSSR count). The lowest BCUT2D eigenvalue weighted by Gasteiger charge is -2.08. The molecule has 0 aliphatic rings. The number of aromatic nitrogens is 5. The molecular weight excluding hydrogens is 316 g/mol. The van der Waals surface area contributed by atoms with Gasteiger partial charge in [0, 0.05) is 17.8 Å². The standard InChI is InChI=1S/C14H14N6O2S/c1-8-5-9(2)17-13(21)10(8)6-15-14(22)12-11(3-4-23-12)20-7-16-18-19-20/h3-5,7H,6H2,1-2H3,(H,15,22)(H,17,21). The number of thiophene rings is 1. The smallest absolute Gasteiger partial charge is 0.263 e. The maximum Gasteiger partial charge on any atom is 0.263 e. The molecule has 3 aromatic rings. The number of nitrogens with zero attached hydrogens (tertiary/aromatic N) is 4. The van der Waals surface area contributed by atoms with Crippen LogP contribution in [0.15, 0.2) is 28.6 Å². The lowest BCUT2D eigenvalue weighted by atomic mass is 10.1. The summed E-state index contributed by atoms with van der Waals surface area (Å²) in [6.07, 6.45) is 1.42. The zero-order valence-electron chi connectivity index (χ0n) is 12.5. The number of hydrogen-bond acceptors (Lipinski definition) is 6. The van der Waals surface area contributed by atoms with Crippen LogP contribution in [0.25, 0.3) is 5.69 Å². The van der Waals surface area contributed by atoms with Gasteiger partial charge in [-0.3, -0.25) is 9.59 Å². The summed E-state index contributed by atoms with van der Waals surface area (Å²) in [5.74, 6) is -0.273. The summed E-state index contributed by atoms with van der Waals surface area (Å²) in [5, 5.41) is 15.5. The van der Waals surface area contributed by atoms with Crippen molar-refractivity contribution in [2.75, 3.05) is 0 Å². The molecule has 0 aliphatic carbocycles. The molecule has 0 radical (unpaired) electrons. The van der Waals surface area contributed by atoms with Gasteiger partial charge in [-0.25, -0.2) is 0 Å². The van der Waals surface area contributed by atoms with Gasteiger partial charge < -0.3 is 10.3 Å². The predicted molar refractivity (Wildman–Crippen MR) is 84.7 cm³/mol. The fourth-order valence-corrected chi connectivity index (χ4v) is 3.07.